The van der Waals surface area contributed by atoms with Crippen molar-refractivity contribution in [1.82, 2.24) is 14.6 Å². The molecule has 2 rings (SSSR count). The first-order valence-corrected chi connectivity index (χ1v) is 3.67. The van der Waals surface area contributed by atoms with Gasteiger partial charge in [-0.2, -0.15) is 5.10 Å². The Hall–Kier alpha value is -1.98. The van der Waals surface area contributed by atoms with E-state index in [9.17, 15) is 10.1 Å². The molecule has 2 aromatic rings. The summed E-state index contributed by atoms with van der Waals surface area (Å²) in [4.78, 5) is 13.8. The second-order valence-electron chi connectivity index (χ2n) is 2.55. The van der Waals surface area contributed by atoms with Crippen molar-refractivity contribution < 1.29 is 4.92 Å². The van der Waals surface area contributed by atoms with Crippen LogP contribution in [0.25, 0.3) is 5.65 Å². The van der Waals surface area contributed by atoms with Gasteiger partial charge < -0.3 is 0 Å². The Morgan fingerprint density at radius 3 is 3.15 bits per heavy atom. The highest BCUT2D eigenvalue weighted by molar-refractivity contribution is 5.37. The largest absolute Gasteiger partial charge is 0.264 e. The average molecular weight is 178 g/mol. The number of nitrogens with zero attached hydrogens (tertiary/aromatic N) is 4. The molecule has 6 nitrogen and oxygen atoms in total. The van der Waals surface area contributed by atoms with E-state index < -0.39 is 4.92 Å². The smallest absolute Gasteiger partial charge is 0.247 e. The van der Waals surface area contributed by atoms with Crippen LogP contribution < -0.4 is 0 Å². The van der Waals surface area contributed by atoms with Crippen LogP contribution >= 0.6 is 0 Å². The third kappa shape index (κ3) is 1.46. The highest BCUT2D eigenvalue weighted by atomic mass is 16.6. The van der Waals surface area contributed by atoms with Gasteiger partial charge in [0.15, 0.2) is 5.65 Å². The van der Waals surface area contributed by atoms with E-state index in [1.54, 1.807) is 24.5 Å². The molecule has 6 heteroatoms. The van der Waals surface area contributed by atoms with Crippen molar-refractivity contribution in [2.24, 2.45) is 0 Å². The van der Waals surface area contributed by atoms with Crippen molar-refractivity contribution >= 4 is 5.65 Å². The van der Waals surface area contributed by atoms with E-state index in [1.165, 1.54) is 4.52 Å². The predicted molar refractivity (Wildman–Crippen MR) is 43.7 cm³/mol. The summed E-state index contributed by atoms with van der Waals surface area (Å²) in [6.07, 6.45) is 3.32. The summed E-state index contributed by atoms with van der Waals surface area (Å²) in [5.41, 5.74) is 1.04. The molecule has 0 bridgehead atoms. The summed E-state index contributed by atoms with van der Waals surface area (Å²) in [5, 5.41) is 14.1. The van der Waals surface area contributed by atoms with E-state index in [1.807, 2.05) is 0 Å². The molecule has 0 aromatic carbocycles. The van der Waals surface area contributed by atoms with Crippen molar-refractivity contribution in [3.63, 3.8) is 0 Å². The predicted octanol–water partition coefficient (Wildman–Crippen LogP) is 0.506. The monoisotopic (exact) mass is 178 g/mol. The van der Waals surface area contributed by atoms with Crippen molar-refractivity contribution in [1.29, 1.82) is 0 Å². The fourth-order valence-corrected chi connectivity index (χ4v) is 1.09. The molecule has 2 aromatic heterocycles. The second-order valence-corrected chi connectivity index (χ2v) is 2.55. The Morgan fingerprint density at radius 1 is 1.62 bits per heavy atom. The molecule has 0 spiro atoms. The molecule has 0 aliphatic heterocycles. The standard InChI is InChI=1S/C7H6N4O2/c12-11(13)5-6-4-7-8-2-1-3-10(7)9-6/h1-4H,5H2. The molecule has 0 saturated heterocycles. The summed E-state index contributed by atoms with van der Waals surface area (Å²) in [5.74, 6) is 0. The maximum absolute atomic E-state index is 10.2. The van der Waals surface area contributed by atoms with Crippen LogP contribution in [-0.2, 0) is 6.54 Å². The van der Waals surface area contributed by atoms with Crippen LogP contribution in [0.1, 0.15) is 5.69 Å². The van der Waals surface area contributed by atoms with Gasteiger partial charge in [-0.25, -0.2) is 9.50 Å². The van der Waals surface area contributed by atoms with E-state index in [0.717, 1.165) is 0 Å². The summed E-state index contributed by atoms with van der Waals surface area (Å²) in [6, 6.07) is 3.32. The molecular formula is C7H6N4O2. The fraction of sp³-hybridized carbons (Fsp3) is 0.143. The fourth-order valence-electron chi connectivity index (χ4n) is 1.09. The summed E-state index contributed by atoms with van der Waals surface area (Å²) in [7, 11) is 0. The molecule has 66 valence electrons. The molecule has 0 N–H and O–H groups in total. The zero-order valence-electron chi connectivity index (χ0n) is 6.62. The quantitative estimate of drug-likeness (QED) is 0.496. The molecule has 2 heterocycles. The Bertz CT molecular complexity index is 417. The van der Waals surface area contributed by atoms with Gasteiger partial charge in [-0.05, 0) is 6.07 Å². The second kappa shape index (κ2) is 2.81. The normalized spacial score (nSPS) is 10.5. The van der Waals surface area contributed by atoms with E-state index in [-0.39, 0.29) is 6.54 Å². The minimum Gasteiger partial charge on any atom is -0.264 e. The van der Waals surface area contributed by atoms with Crippen LogP contribution in [0.2, 0.25) is 0 Å². The first-order valence-electron chi connectivity index (χ1n) is 3.67. The molecule has 13 heavy (non-hydrogen) atoms. The Morgan fingerprint density at radius 2 is 2.46 bits per heavy atom. The number of nitro groups is 1. The molecule has 0 saturated carbocycles. The third-order valence-electron chi connectivity index (χ3n) is 1.58. The molecule has 0 fully saturated rings. The molecule has 0 aliphatic rings. The lowest BCUT2D eigenvalue weighted by molar-refractivity contribution is -0.497. The van der Waals surface area contributed by atoms with Crippen LogP contribution in [0.15, 0.2) is 24.5 Å². The van der Waals surface area contributed by atoms with Crippen LogP contribution in [-0.4, -0.2) is 19.5 Å². The minimum absolute atomic E-state index is 0.261. The highest BCUT2D eigenvalue weighted by Gasteiger charge is 2.06. The summed E-state index contributed by atoms with van der Waals surface area (Å²) >= 11 is 0. The van der Waals surface area contributed by atoms with Gasteiger partial charge in [0.1, 0.15) is 5.69 Å². The van der Waals surface area contributed by atoms with Gasteiger partial charge in [0.2, 0.25) is 6.54 Å². The van der Waals surface area contributed by atoms with E-state index >= 15 is 0 Å². The lowest BCUT2D eigenvalue weighted by Gasteiger charge is -1.86. The Balaban J connectivity index is 2.44. The Kier molecular flexibility index (Phi) is 1.66. The number of hydrogen-bond donors (Lipinski definition) is 0. The van der Waals surface area contributed by atoms with E-state index in [4.69, 9.17) is 0 Å². The van der Waals surface area contributed by atoms with Gasteiger partial charge in [0, 0.05) is 23.4 Å². The van der Waals surface area contributed by atoms with Crippen LogP contribution in [0, 0.1) is 10.1 Å². The van der Waals surface area contributed by atoms with Crippen molar-refractivity contribution in [2.75, 3.05) is 0 Å². The number of hydrogen-bond acceptors (Lipinski definition) is 4. The van der Waals surface area contributed by atoms with Crippen LogP contribution in [0.5, 0.6) is 0 Å². The Labute approximate surface area is 73.0 Å². The number of fused-ring (bicyclic) bond motifs is 1. The third-order valence-corrected chi connectivity index (χ3v) is 1.58. The molecular weight excluding hydrogens is 172 g/mol. The summed E-state index contributed by atoms with van der Waals surface area (Å²) < 4.78 is 1.51. The van der Waals surface area contributed by atoms with E-state index in [2.05, 4.69) is 10.1 Å². The topological polar surface area (TPSA) is 73.3 Å². The summed E-state index contributed by atoms with van der Waals surface area (Å²) in [6.45, 7) is -0.261. The van der Waals surface area contributed by atoms with Gasteiger partial charge in [-0.3, -0.25) is 10.1 Å². The van der Waals surface area contributed by atoms with Crippen molar-refractivity contribution in [2.45, 2.75) is 6.54 Å². The molecule has 0 radical (unpaired) electrons. The van der Waals surface area contributed by atoms with Crippen molar-refractivity contribution in [3.05, 3.63) is 40.3 Å². The van der Waals surface area contributed by atoms with Crippen LogP contribution in [0.4, 0.5) is 0 Å². The van der Waals surface area contributed by atoms with Gasteiger partial charge in [-0.15, -0.1) is 0 Å². The number of rotatable bonds is 2. The van der Waals surface area contributed by atoms with Crippen molar-refractivity contribution in [3.8, 4) is 0 Å². The highest BCUT2D eigenvalue weighted by Crippen LogP contribution is 2.03. The molecule has 0 amide bonds. The van der Waals surface area contributed by atoms with Gasteiger partial charge in [0.25, 0.3) is 0 Å². The lowest BCUT2D eigenvalue weighted by Crippen LogP contribution is -1.98. The first-order chi connectivity index (χ1) is 6.25. The molecule has 0 aliphatic carbocycles. The van der Waals surface area contributed by atoms with Gasteiger partial charge in [-0.1, -0.05) is 0 Å². The zero-order valence-corrected chi connectivity index (χ0v) is 6.62. The van der Waals surface area contributed by atoms with Gasteiger partial charge >= 0.3 is 0 Å². The lowest BCUT2D eigenvalue weighted by atomic mass is 10.4. The maximum Gasteiger partial charge on any atom is 0.247 e. The molecule has 0 unspecified atom stereocenters. The maximum atomic E-state index is 10.2. The average Bonchev–Trinajstić information content (AvgIpc) is 2.44. The first kappa shape index (κ1) is 7.66. The van der Waals surface area contributed by atoms with Crippen LogP contribution in [0.3, 0.4) is 0 Å². The van der Waals surface area contributed by atoms with E-state index in [0.29, 0.717) is 11.3 Å². The SMILES string of the molecule is O=[N+]([O-])Cc1cc2ncccn2n1. The number of aromatic nitrogens is 3. The van der Waals surface area contributed by atoms with Gasteiger partial charge in [0.05, 0.1) is 0 Å². The molecule has 0 atom stereocenters. The minimum atomic E-state index is -0.415. The zero-order chi connectivity index (χ0) is 9.26.